The molecule has 10 nitrogen and oxygen atoms in total. The number of carbonyl (C=O) groups is 3. The Labute approximate surface area is 224 Å². The maximum Gasteiger partial charge on any atom is 0.338 e. The topological polar surface area (TPSA) is 101 Å². The zero-order valence-electron chi connectivity index (χ0n) is 23.1. The van der Waals surface area contributed by atoms with E-state index < -0.39 is 12.0 Å². The van der Waals surface area contributed by atoms with Gasteiger partial charge in [0.1, 0.15) is 11.5 Å². The molecule has 2 heterocycles. The molecule has 4 rings (SSSR count). The van der Waals surface area contributed by atoms with Crippen molar-refractivity contribution in [1.29, 1.82) is 0 Å². The number of benzene rings is 1. The molecule has 1 aromatic carbocycles. The SMILES string of the molecule is CCOC(=O)C1=C(CN2CCN(C(=O)C3CCCC3)C(C)C2)N(C)C(=O)NC1c1cc(OC)ccc1OC. The Bertz CT molecular complexity index is 1080. The van der Waals surface area contributed by atoms with Crippen molar-refractivity contribution in [3.8, 4) is 11.5 Å². The zero-order chi connectivity index (χ0) is 27.4. The van der Waals surface area contributed by atoms with Crippen LogP contribution in [0.3, 0.4) is 0 Å². The number of methoxy groups -OCH3 is 2. The fourth-order valence-corrected chi connectivity index (χ4v) is 5.82. The van der Waals surface area contributed by atoms with Crippen LogP contribution in [0.1, 0.15) is 51.1 Å². The van der Waals surface area contributed by atoms with Crippen LogP contribution in [-0.2, 0) is 14.3 Å². The van der Waals surface area contributed by atoms with Gasteiger partial charge >= 0.3 is 12.0 Å². The average Bonchev–Trinajstić information content (AvgIpc) is 3.46. The standard InChI is InChI=1S/C28H40N4O6/c1-6-38-27(34)24-22(17-31-13-14-32(18(2)16-31)26(33)19-9-7-8-10-19)30(3)28(35)29-25(24)21-15-20(36-4)11-12-23(21)37-5/h11-12,15,18-19,25H,6-10,13-14,16-17H2,1-5H3,(H,29,35). The van der Waals surface area contributed by atoms with Gasteiger partial charge in [-0.05, 0) is 44.9 Å². The molecule has 0 radical (unpaired) electrons. The summed E-state index contributed by atoms with van der Waals surface area (Å²) in [6.07, 6.45) is 4.22. The van der Waals surface area contributed by atoms with Crippen LogP contribution in [0.2, 0.25) is 0 Å². The lowest BCUT2D eigenvalue weighted by molar-refractivity contribution is -0.140. The molecule has 3 aliphatic rings. The van der Waals surface area contributed by atoms with E-state index in [9.17, 15) is 14.4 Å². The lowest BCUT2D eigenvalue weighted by Crippen LogP contribution is -2.57. The number of nitrogens with zero attached hydrogens (tertiary/aromatic N) is 3. The normalized spacial score (nSPS) is 22.9. The molecule has 1 saturated carbocycles. The molecule has 1 saturated heterocycles. The minimum absolute atomic E-state index is 0.0421. The molecule has 0 spiro atoms. The van der Waals surface area contributed by atoms with Crippen molar-refractivity contribution in [2.75, 3.05) is 54.1 Å². The van der Waals surface area contributed by atoms with Crippen LogP contribution in [-0.4, -0.2) is 92.7 Å². The summed E-state index contributed by atoms with van der Waals surface area (Å²) in [6, 6.07) is 4.22. The summed E-state index contributed by atoms with van der Waals surface area (Å²) in [7, 11) is 4.77. The summed E-state index contributed by atoms with van der Waals surface area (Å²) in [6.45, 7) is 6.34. The van der Waals surface area contributed by atoms with Crippen LogP contribution in [0, 0.1) is 5.92 Å². The first-order valence-electron chi connectivity index (χ1n) is 13.5. The van der Waals surface area contributed by atoms with Crippen molar-refractivity contribution in [2.24, 2.45) is 5.92 Å². The van der Waals surface area contributed by atoms with Crippen molar-refractivity contribution >= 4 is 17.9 Å². The summed E-state index contributed by atoms with van der Waals surface area (Å²) in [4.78, 5) is 45.3. The largest absolute Gasteiger partial charge is 0.497 e. The third kappa shape index (κ3) is 5.60. The summed E-state index contributed by atoms with van der Waals surface area (Å²) in [5.41, 5.74) is 1.54. The molecule has 2 unspecified atom stereocenters. The number of ether oxygens (including phenoxy) is 3. The lowest BCUT2D eigenvalue weighted by Gasteiger charge is -2.43. The number of nitrogens with one attached hydrogen (secondary N) is 1. The molecule has 1 N–H and O–H groups in total. The van der Waals surface area contributed by atoms with Gasteiger partial charge in [-0.25, -0.2) is 9.59 Å². The van der Waals surface area contributed by atoms with Gasteiger partial charge < -0.3 is 24.4 Å². The third-order valence-electron chi connectivity index (χ3n) is 7.89. The van der Waals surface area contributed by atoms with E-state index in [0.717, 1.165) is 25.7 Å². The molecule has 0 bridgehead atoms. The smallest absolute Gasteiger partial charge is 0.338 e. The van der Waals surface area contributed by atoms with Gasteiger partial charge in [-0.15, -0.1) is 0 Å². The van der Waals surface area contributed by atoms with Gasteiger partial charge in [-0.1, -0.05) is 12.8 Å². The maximum atomic E-state index is 13.4. The van der Waals surface area contributed by atoms with Crippen LogP contribution in [0.5, 0.6) is 11.5 Å². The van der Waals surface area contributed by atoms with Crippen molar-refractivity contribution in [2.45, 2.75) is 51.6 Å². The number of urea groups is 1. The molecule has 10 heteroatoms. The Balaban J connectivity index is 1.65. The Morgan fingerprint density at radius 1 is 1.11 bits per heavy atom. The van der Waals surface area contributed by atoms with Gasteiger partial charge in [0, 0.05) is 56.4 Å². The van der Waals surface area contributed by atoms with E-state index in [1.807, 2.05) is 4.90 Å². The Morgan fingerprint density at radius 2 is 1.84 bits per heavy atom. The van der Waals surface area contributed by atoms with Crippen molar-refractivity contribution < 1.29 is 28.6 Å². The molecule has 1 aromatic rings. The van der Waals surface area contributed by atoms with Crippen molar-refractivity contribution in [3.63, 3.8) is 0 Å². The lowest BCUT2D eigenvalue weighted by atomic mass is 9.93. The van der Waals surface area contributed by atoms with E-state index in [1.54, 1.807) is 46.4 Å². The summed E-state index contributed by atoms with van der Waals surface area (Å²) < 4.78 is 16.5. The predicted octanol–water partition coefficient (Wildman–Crippen LogP) is 2.94. The highest BCUT2D eigenvalue weighted by molar-refractivity contribution is 5.95. The second-order valence-electron chi connectivity index (χ2n) is 10.2. The van der Waals surface area contributed by atoms with Gasteiger partial charge in [0.05, 0.1) is 32.4 Å². The quantitative estimate of drug-likeness (QED) is 0.518. The fourth-order valence-electron chi connectivity index (χ4n) is 5.82. The van der Waals surface area contributed by atoms with E-state index in [1.165, 1.54) is 4.90 Å². The van der Waals surface area contributed by atoms with E-state index in [2.05, 4.69) is 17.1 Å². The van der Waals surface area contributed by atoms with E-state index in [-0.39, 0.29) is 30.5 Å². The first kappa shape index (κ1) is 27.8. The van der Waals surface area contributed by atoms with Crippen LogP contribution >= 0.6 is 0 Å². The number of hydrogen-bond acceptors (Lipinski definition) is 7. The highest BCUT2D eigenvalue weighted by Gasteiger charge is 2.40. The minimum atomic E-state index is -0.777. The number of carbonyl (C=O) groups excluding carboxylic acids is 3. The zero-order valence-corrected chi connectivity index (χ0v) is 23.1. The van der Waals surface area contributed by atoms with Gasteiger partial charge in [-0.3, -0.25) is 14.6 Å². The highest BCUT2D eigenvalue weighted by Crippen LogP contribution is 2.38. The van der Waals surface area contributed by atoms with Crippen LogP contribution in [0.15, 0.2) is 29.5 Å². The number of piperazine rings is 1. The van der Waals surface area contributed by atoms with Crippen molar-refractivity contribution in [1.82, 2.24) is 20.0 Å². The molecule has 1 aliphatic carbocycles. The van der Waals surface area contributed by atoms with E-state index in [0.29, 0.717) is 54.5 Å². The number of likely N-dealkylation sites (N-methyl/N-ethyl adjacent to an activating group) is 1. The molecule has 38 heavy (non-hydrogen) atoms. The molecule has 208 valence electrons. The molecule has 0 aromatic heterocycles. The Kier molecular flexibility index (Phi) is 8.81. The number of rotatable bonds is 8. The molecular formula is C28H40N4O6. The van der Waals surface area contributed by atoms with Gasteiger partial charge in [0.15, 0.2) is 0 Å². The van der Waals surface area contributed by atoms with Gasteiger partial charge in [0.25, 0.3) is 0 Å². The van der Waals surface area contributed by atoms with E-state index >= 15 is 0 Å². The van der Waals surface area contributed by atoms with Gasteiger partial charge in [-0.2, -0.15) is 0 Å². The van der Waals surface area contributed by atoms with Crippen LogP contribution < -0.4 is 14.8 Å². The predicted molar refractivity (Wildman–Crippen MR) is 142 cm³/mol. The first-order chi connectivity index (χ1) is 18.3. The fraction of sp³-hybridized carbons (Fsp3) is 0.607. The molecule has 2 aliphatic heterocycles. The molecule has 3 amide bonds. The van der Waals surface area contributed by atoms with Gasteiger partial charge in [0.2, 0.25) is 5.91 Å². The summed E-state index contributed by atoms with van der Waals surface area (Å²) in [5, 5.41) is 2.95. The molecular weight excluding hydrogens is 488 g/mol. The first-order valence-corrected chi connectivity index (χ1v) is 13.5. The van der Waals surface area contributed by atoms with E-state index in [4.69, 9.17) is 14.2 Å². The summed E-state index contributed by atoms with van der Waals surface area (Å²) in [5.74, 6) is 1.02. The average molecular weight is 529 g/mol. The van der Waals surface area contributed by atoms with Crippen LogP contribution in [0.4, 0.5) is 4.79 Å². The second-order valence-corrected chi connectivity index (χ2v) is 10.2. The third-order valence-corrected chi connectivity index (χ3v) is 7.89. The van der Waals surface area contributed by atoms with Crippen molar-refractivity contribution in [3.05, 3.63) is 35.0 Å². The second kappa shape index (κ2) is 12.1. The Morgan fingerprint density at radius 3 is 2.47 bits per heavy atom. The Hall–Kier alpha value is -3.27. The monoisotopic (exact) mass is 528 g/mol. The highest BCUT2D eigenvalue weighted by atomic mass is 16.5. The van der Waals surface area contributed by atoms with Crippen LogP contribution in [0.25, 0.3) is 0 Å². The molecule has 2 fully saturated rings. The maximum absolute atomic E-state index is 13.4. The summed E-state index contributed by atoms with van der Waals surface area (Å²) >= 11 is 0. The number of amides is 3. The number of esters is 1. The minimum Gasteiger partial charge on any atom is -0.497 e. The number of hydrogen-bond donors (Lipinski definition) is 1. The molecule has 2 atom stereocenters.